The molecule has 1 N–H and O–H groups in total. The monoisotopic (exact) mass is 265 g/mol. The Kier molecular flexibility index (Phi) is 3.81. The van der Waals surface area contributed by atoms with Crippen LogP contribution in [0, 0.1) is 0 Å². The van der Waals surface area contributed by atoms with Crippen LogP contribution in [0.4, 0.5) is 0 Å². The van der Waals surface area contributed by atoms with Crippen LogP contribution in [-0.2, 0) is 4.79 Å². The van der Waals surface area contributed by atoms with Gasteiger partial charge in [0.05, 0.1) is 5.54 Å². The third-order valence-electron chi connectivity index (χ3n) is 5.45. The van der Waals surface area contributed by atoms with Gasteiger partial charge in [0, 0.05) is 32.2 Å². The van der Waals surface area contributed by atoms with Crippen molar-refractivity contribution in [3.05, 3.63) is 0 Å². The molecule has 1 aliphatic carbocycles. The van der Waals surface area contributed by atoms with Gasteiger partial charge in [0.15, 0.2) is 0 Å². The third kappa shape index (κ3) is 2.40. The zero-order valence-electron chi connectivity index (χ0n) is 12.2. The fourth-order valence-corrected chi connectivity index (χ4v) is 3.79. The van der Waals surface area contributed by atoms with Crippen LogP contribution >= 0.6 is 0 Å². The molecule has 19 heavy (non-hydrogen) atoms. The maximum Gasteiger partial charge on any atom is 0.242 e. The number of hydrogen-bond donors (Lipinski definition) is 1. The summed E-state index contributed by atoms with van der Waals surface area (Å²) in [6.45, 7) is 7.16. The van der Waals surface area contributed by atoms with Gasteiger partial charge in [-0.3, -0.25) is 9.69 Å². The van der Waals surface area contributed by atoms with Crippen molar-refractivity contribution in [1.29, 1.82) is 0 Å². The van der Waals surface area contributed by atoms with E-state index in [1.165, 1.54) is 19.3 Å². The second-order valence-electron chi connectivity index (χ2n) is 6.38. The van der Waals surface area contributed by atoms with Crippen molar-refractivity contribution in [2.45, 2.75) is 57.0 Å². The highest BCUT2D eigenvalue weighted by Gasteiger charge is 2.42. The molecular formula is C15H27N3O. The summed E-state index contributed by atoms with van der Waals surface area (Å²) < 4.78 is 0. The van der Waals surface area contributed by atoms with Crippen LogP contribution in [-0.4, -0.2) is 60.0 Å². The van der Waals surface area contributed by atoms with E-state index in [1.54, 1.807) is 0 Å². The predicted molar refractivity (Wildman–Crippen MR) is 76.1 cm³/mol. The van der Waals surface area contributed by atoms with Gasteiger partial charge in [0.25, 0.3) is 0 Å². The van der Waals surface area contributed by atoms with Gasteiger partial charge in [-0.1, -0.05) is 13.3 Å². The number of rotatable bonds is 3. The Balaban J connectivity index is 1.56. The number of hydrogen-bond acceptors (Lipinski definition) is 3. The number of carbonyl (C=O) groups excluding carboxylic acids is 1. The molecule has 0 aromatic carbocycles. The van der Waals surface area contributed by atoms with Crippen molar-refractivity contribution >= 4 is 5.91 Å². The van der Waals surface area contributed by atoms with Gasteiger partial charge in [-0.15, -0.1) is 0 Å². The molecule has 1 unspecified atom stereocenters. The number of nitrogens with zero attached hydrogens (tertiary/aromatic N) is 2. The minimum absolute atomic E-state index is 0.237. The lowest BCUT2D eigenvalue weighted by molar-refractivity contribution is -0.140. The minimum atomic E-state index is -0.237. The highest BCUT2D eigenvalue weighted by molar-refractivity contribution is 5.86. The van der Waals surface area contributed by atoms with Crippen LogP contribution in [0.5, 0.6) is 0 Å². The lowest BCUT2D eigenvalue weighted by Crippen LogP contribution is -2.60. The molecule has 0 spiro atoms. The van der Waals surface area contributed by atoms with E-state index in [4.69, 9.17) is 0 Å². The largest absolute Gasteiger partial charge is 0.339 e. The van der Waals surface area contributed by atoms with E-state index in [1.807, 2.05) is 0 Å². The molecular weight excluding hydrogens is 238 g/mol. The van der Waals surface area contributed by atoms with Crippen molar-refractivity contribution in [3.63, 3.8) is 0 Å². The van der Waals surface area contributed by atoms with Gasteiger partial charge in [-0.05, 0) is 38.6 Å². The van der Waals surface area contributed by atoms with Gasteiger partial charge < -0.3 is 10.2 Å². The molecule has 0 radical (unpaired) electrons. The molecule has 1 saturated carbocycles. The van der Waals surface area contributed by atoms with E-state index in [-0.39, 0.29) is 5.54 Å². The first-order chi connectivity index (χ1) is 9.25. The van der Waals surface area contributed by atoms with E-state index in [0.29, 0.717) is 5.91 Å². The molecule has 3 aliphatic rings. The molecule has 0 aromatic rings. The zero-order valence-corrected chi connectivity index (χ0v) is 12.2. The normalized spacial score (nSPS) is 33.4. The van der Waals surface area contributed by atoms with Crippen LogP contribution < -0.4 is 5.32 Å². The second-order valence-corrected chi connectivity index (χ2v) is 6.38. The number of carbonyl (C=O) groups is 1. The summed E-state index contributed by atoms with van der Waals surface area (Å²) >= 11 is 0. The van der Waals surface area contributed by atoms with Crippen molar-refractivity contribution in [2.75, 3.05) is 32.7 Å². The minimum Gasteiger partial charge on any atom is -0.339 e. The highest BCUT2D eigenvalue weighted by atomic mass is 16.2. The zero-order chi connectivity index (χ0) is 13.3. The molecule has 1 amide bonds. The van der Waals surface area contributed by atoms with Gasteiger partial charge in [0.2, 0.25) is 5.91 Å². The summed E-state index contributed by atoms with van der Waals surface area (Å²) in [5.41, 5.74) is -0.237. The molecule has 4 heteroatoms. The standard InChI is InChI=1S/C15H27N3O/c1-2-15(7-4-8-16-15)14(19)18-11-9-17(10-12-18)13-5-3-6-13/h13,16H,2-12H2,1H3. The molecule has 1 atom stereocenters. The Hall–Kier alpha value is -0.610. The van der Waals surface area contributed by atoms with Gasteiger partial charge >= 0.3 is 0 Å². The van der Waals surface area contributed by atoms with Crippen LogP contribution in [0.3, 0.4) is 0 Å². The first-order valence-corrected chi connectivity index (χ1v) is 8.04. The predicted octanol–water partition coefficient (Wildman–Crippen LogP) is 1.22. The second kappa shape index (κ2) is 5.41. The molecule has 2 heterocycles. The molecule has 0 aromatic heterocycles. The van der Waals surface area contributed by atoms with E-state index >= 15 is 0 Å². The average Bonchev–Trinajstić information content (AvgIpc) is 2.87. The average molecular weight is 265 g/mol. The summed E-state index contributed by atoms with van der Waals surface area (Å²) in [5.74, 6) is 0.362. The van der Waals surface area contributed by atoms with Crippen LogP contribution in [0.25, 0.3) is 0 Å². The summed E-state index contributed by atoms with van der Waals surface area (Å²) in [7, 11) is 0. The molecule has 0 bridgehead atoms. The first-order valence-electron chi connectivity index (χ1n) is 8.04. The summed E-state index contributed by atoms with van der Waals surface area (Å²) in [5, 5.41) is 3.47. The van der Waals surface area contributed by atoms with Crippen molar-refractivity contribution in [3.8, 4) is 0 Å². The van der Waals surface area contributed by atoms with E-state index in [2.05, 4.69) is 22.0 Å². The Morgan fingerprint density at radius 1 is 1.21 bits per heavy atom. The van der Waals surface area contributed by atoms with Crippen molar-refractivity contribution < 1.29 is 4.79 Å². The number of piperazine rings is 1. The lowest BCUT2D eigenvalue weighted by Gasteiger charge is -2.44. The fraction of sp³-hybridized carbons (Fsp3) is 0.933. The summed E-state index contributed by atoms with van der Waals surface area (Å²) in [4.78, 5) is 17.5. The summed E-state index contributed by atoms with van der Waals surface area (Å²) in [6.07, 6.45) is 7.22. The van der Waals surface area contributed by atoms with E-state index in [0.717, 1.165) is 58.0 Å². The van der Waals surface area contributed by atoms with E-state index in [9.17, 15) is 4.79 Å². The first kappa shape index (κ1) is 13.4. The van der Waals surface area contributed by atoms with Gasteiger partial charge in [-0.25, -0.2) is 0 Å². The Morgan fingerprint density at radius 3 is 2.42 bits per heavy atom. The molecule has 108 valence electrons. The Morgan fingerprint density at radius 2 is 1.95 bits per heavy atom. The van der Waals surface area contributed by atoms with Crippen LogP contribution in [0.1, 0.15) is 45.4 Å². The Labute approximate surface area is 116 Å². The molecule has 3 rings (SSSR count). The van der Waals surface area contributed by atoms with Crippen LogP contribution in [0.2, 0.25) is 0 Å². The van der Waals surface area contributed by atoms with Crippen molar-refractivity contribution in [2.24, 2.45) is 0 Å². The molecule has 3 fully saturated rings. The Bertz CT molecular complexity index is 326. The molecule has 2 saturated heterocycles. The quantitative estimate of drug-likeness (QED) is 0.833. The maximum atomic E-state index is 12.8. The van der Waals surface area contributed by atoms with Crippen LogP contribution in [0.15, 0.2) is 0 Å². The molecule has 2 aliphatic heterocycles. The van der Waals surface area contributed by atoms with Gasteiger partial charge in [0.1, 0.15) is 0 Å². The fourth-order valence-electron chi connectivity index (χ4n) is 3.79. The lowest BCUT2D eigenvalue weighted by atomic mass is 9.90. The smallest absolute Gasteiger partial charge is 0.242 e. The molecule has 4 nitrogen and oxygen atoms in total. The SMILES string of the molecule is CCC1(C(=O)N2CCN(C3CCC3)CC2)CCCN1. The number of nitrogens with one attached hydrogen (secondary N) is 1. The topological polar surface area (TPSA) is 35.6 Å². The van der Waals surface area contributed by atoms with Gasteiger partial charge in [-0.2, -0.15) is 0 Å². The maximum absolute atomic E-state index is 12.8. The highest BCUT2D eigenvalue weighted by Crippen LogP contribution is 2.28. The third-order valence-corrected chi connectivity index (χ3v) is 5.45. The summed E-state index contributed by atoms with van der Waals surface area (Å²) in [6, 6.07) is 0.821. The van der Waals surface area contributed by atoms with E-state index < -0.39 is 0 Å². The van der Waals surface area contributed by atoms with Crippen molar-refractivity contribution in [1.82, 2.24) is 15.1 Å². The number of amides is 1.